The van der Waals surface area contributed by atoms with Crippen molar-refractivity contribution in [2.75, 3.05) is 14.1 Å². The van der Waals surface area contributed by atoms with E-state index < -0.39 is 15.4 Å². The molecule has 0 amide bonds. The minimum absolute atomic E-state index is 0.775. The molecule has 0 spiro atoms. The van der Waals surface area contributed by atoms with Crippen molar-refractivity contribution in [3.8, 4) is 0 Å². The van der Waals surface area contributed by atoms with E-state index >= 15 is 0 Å². The lowest BCUT2D eigenvalue weighted by Crippen LogP contribution is -2.38. The Hall–Kier alpha value is -0.130. The van der Waals surface area contributed by atoms with E-state index in [9.17, 15) is 8.42 Å². The summed E-state index contributed by atoms with van der Waals surface area (Å²) in [6.45, 7) is 3.34. The summed E-state index contributed by atoms with van der Waals surface area (Å²) in [5.74, 6) is 0. The summed E-state index contributed by atoms with van der Waals surface area (Å²) in [6.07, 6.45) is 0. The summed E-state index contributed by atoms with van der Waals surface area (Å²) in [5.41, 5.74) is 0. The zero-order chi connectivity index (χ0) is 7.49. The summed E-state index contributed by atoms with van der Waals surface area (Å²) in [5, 5.41) is 1.72. The Morgan fingerprint density at radius 2 is 1.89 bits per heavy atom. The molecule has 0 saturated carbocycles. The third-order valence-electron chi connectivity index (χ3n) is 0.981. The average Bonchev–Trinajstić information content (AvgIpc) is 1.86. The first-order valence-electron chi connectivity index (χ1n) is 2.47. The van der Waals surface area contributed by atoms with Crippen LogP contribution in [0.1, 0.15) is 0 Å². The lowest BCUT2D eigenvalue weighted by molar-refractivity contribution is 0.571. The second-order valence-electron chi connectivity index (χ2n) is 1.53. The highest BCUT2D eigenvalue weighted by atomic mass is 32.2. The molecule has 0 heterocycles. The minimum Gasteiger partial charge on any atom is -0.303 e. The predicted molar refractivity (Wildman–Crippen MR) is 36.2 cm³/mol. The predicted octanol–water partition coefficient (Wildman–Crippen LogP) is -1.08. The second kappa shape index (κ2) is 3.14. The molecule has 1 atom stereocenters. The Labute approximate surface area is 55.7 Å². The molecule has 0 aliphatic carbocycles. The van der Waals surface area contributed by atoms with Crippen LogP contribution in [0.5, 0.6) is 0 Å². The molecule has 0 saturated heterocycles. The van der Waals surface area contributed by atoms with Crippen molar-refractivity contribution < 1.29 is 8.42 Å². The third kappa shape index (κ3) is 2.30. The van der Waals surface area contributed by atoms with Gasteiger partial charge in [0.1, 0.15) is 5.37 Å². The van der Waals surface area contributed by atoms with Gasteiger partial charge in [0.25, 0.3) is 0 Å². The van der Waals surface area contributed by atoms with Crippen molar-refractivity contribution in [2.24, 2.45) is 0 Å². The SMILES string of the molecule is [CH2]C(NC)S(=O)(=O)NC. The van der Waals surface area contributed by atoms with Crippen LogP contribution >= 0.6 is 0 Å². The number of nitrogens with one attached hydrogen (secondary N) is 2. The molecule has 1 radical (unpaired) electrons. The zero-order valence-corrected chi connectivity index (χ0v) is 6.33. The molecule has 0 aromatic heterocycles. The molecule has 0 aliphatic heterocycles. The summed E-state index contributed by atoms with van der Waals surface area (Å²) < 4.78 is 23.5. The van der Waals surface area contributed by atoms with Crippen LogP contribution in [0.2, 0.25) is 0 Å². The van der Waals surface area contributed by atoms with Crippen LogP contribution in [-0.2, 0) is 10.0 Å². The fourth-order valence-electron chi connectivity index (χ4n) is 0.297. The molecule has 5 heteroatoms. The zero-order valence-electron chi connectivity index (χ0n) is 5.51. The van der Waals surface area contributed by atoms with Gasteiger partial charge in [-0.1, -0.05) is 0 Å². The van der Waals surface area contributed by atoms with Crippen LogP contribution in [-0.4, -0.2) is 27.9 Å². The molecule has 2 N–H and O–H groups in total. The van der Waals surface area contributed by atoms with Crippen LogP contribution < -0.4 is 10.0 Å². The highest BCUT2D eigenvalue weighted by molar-refractivity contribution is 7.90. The lowest BCUT2D eigenvalue weighted by atomic mass is 10.8. The molecule has 0 aromatic rings. The topological polar surface area (TPSA) is 58.2 Å². The van der Waals surface area contributed by atoms with Crippen LogP contribution in [0.3, 0.4) is 0 Å². The Morgan fingerprint density at radius 3 is 2.00 bits per heavy atom. The number of hydrogen-bond acceptors (Lipinski definition) is 3. The maximum atomic E-state index is 10.7. The normalized spacial score (nSPS) is 15.4. The van der Waals surface area contributed by atoms with Gasteiger partial charge in [-0.15, -0.1) is 0 Å². The van der Waals surface area contributed by atoms with Crippen LogP contribution in [0.4, 0.5) is 0 Å². The van der Waals surface area contributed by atoms with Crippen LogP contribution in [0.15, 0.2) is 0 Å². The van der Waals surface area contributed by atoms with Gasteiger partial charge >= 0.3 is 0 Å². The van der Waals surface area contributed by atoms with Gasteiger partial charge in [0.05, 0.1) is 0 Å². The van der Waals surface area contributed by atoms with Crippen molar-refractivity contribution in [2.45, 2.75) is 5.37 Å². The first-order valence-corrected chi connectivity index (χ1v) is 4.02. The summed E-state index contributed by atoms with van der Waals surface area (Å²) in [7, 11) is -0.334. The summed E-state index contributed by atoms with van der Waals surface area (Å²) in [4.78, 5) is 0. The monoisotopic (exact) mass is 151 g/mol. The van der Waals surface area contributed by atoms with E-state index in [1.54, 1.807) is 0 Å². The maximum Gasteiger partial charge on any atom is 0.227 e. The van der Waals surface area contributed by atoms with E-state index in [2.05, 4.69) is 17.0 Å². The van der Waals surface area contributed by atoms with Crippen molar-refractivity contribution in [3.05, 3.63) is 6.92 Å². The van der Waals surface area contributed by atoms with Gasteiger partial charge in [0.15, 0.2) is 0 Å². The molecule has 0 fully saturated rings. The van der Waals surface area contributed by atoms with Gasteiger partial charge < -0.3 is 5.32 Å². The molecule has 0 aliphatic rings. The van der Waals surface area contributed by atoms with Crippen molar-refractivity contribution in [3.63, 3.8) is 0 Å². The first-order chi connectivity index (χ1) is 4.04. The highest BCUT2D eigenvalue weighted by Gasteiger charge is 2.14. The second-order valence-corrected chi connectivity index (χ2v) is 3.59. The third-order valence-corrected chi connectivity index (χ3v) is 2.53. The summed E-state index contributed by atoms with van der Waals surface area (Å²) >= 11 is 0. The number of hydrogen-bond donors (Lipinski definition) is 2. The van der Waals surface area contributed by atoms with Gasteiger partial charge in [0, 0.05) is 0 Å². The average molecular weight is 151 g/mol. The molecule has 0 aromatic carbocycles. The van der Waals surface area contributed by atoms with E-state index in [0.29, 0.717) is 0 Å². The minimum atomic E-state index is -3.22. The van der Waals surface area contributed by atoms with Gasteiger partial charge in [-0.2, -0.15) is 0 Å². The van der Waals surface area contributed by atoms with E-state index in [1.807, 2.05) is 0 Å². The molecule has 1 unspecified atom stereocenters. The molecule has 4 nitrogen and oxygen atoms in total. The van der Waals surface area contributed by atoms with E-state index in [4.69, 9.17) is 0 Å². The van der Waals surface area contributed by atoms with Gasteiger partial charge in [-0.3, -0.25) is 0 Å². The fourth-order valence-corrected chi connectivity index (χ4v) is 0.892. The molecular formula is C4H11N2O2S. The van der Waals surface area contributed by atoms with E-state index in [-0.39, 0.29) is 0 Å². The van der Waals surface area contributed by atoms with E-state index in [1.165, 1.54) is 14.1 Å². The molecular weight excluding hydrogens is 140 g/mol. The number of sulfonamides is 1. The number of rotatable bonds is 3. The van der Waals surface area contributed by atoms with Crippen LogP contribution in [0, 0.1) is 6.92 Å². The van der Waals surface area contributed by atoms with Gasteiger partial charge in [-0.25, -0.2) is 13.1 Å². The first kappa shape index (κ1) is 8.87. The Kier molecular flexibility index (Phi) is 3.10. The lowest BCUT2D eigenvalue weighted by Gasteiger charge is -2.08. The fraction of sp³-hybridized carbons (Fsp3) is 0.750. The van der Waals surface area contributed by atoms with Crippen molar-refractivity contribution >= 4 is 10.0 Å². The summed E-state index contributed by atoms with van der Waals surface area (Å²) in [6, 6.07) is 0. The van der Waals surface area contributed by atoms with E-state index in [0.717, 1.165) is 0 Å². The van der Waals surface area contributed by atoms with Crippen molar-refractivity contribution in [1.29, 1.82) is 0 Å². The Balaban J connectivity index is 4.17. The largest absolute Gasteiger partial charge is 0.303 e. The van der Waals surface area contributed by atoms with Gasteiger partial charge in [-0.05, 0) is 21.0 Å². The maximum absolute atomic E-state index is 10.7. The van der Waals surface area contributed by atoms with Gasteiger partial charge in [0.2, 0.25) is 10.0 Å². The quantitative estimate of drug-likeness (QED) is 0.539. The Bertz CT molecular complexity index is 163. The Morgan fingerprint density at radius 1 is 1.44 bits per heavy atom. The van der Waals surface area contributed by atoms with Crippen molar-refractivity contribution in [1.82, 2.24) is 10.0 Å². The molecule has 9 heavy (non-hydrogen) atoms. The molecule has 0 rings (SSSR count). The standard InChI is InChI=1S/C4H11N2O2S/c1-4(5-2)9(7,8)6-3/h4-6H,1H2,2-3H3. The smallest absolute Gasteiger partial charge is 0.227 e. The highest BCUT2D eigenvalue weighted by Crippen LogP contribution is 1.88. The molecule has 0 bridgehead atoms. The van der Waals surface area contributed by atoms with Crippen LogP contribution in [0.25, 0.3) is 0 Å². The molecule has 55 valence electrons.